The minimum atomic E-state index is -2.61. The highest BCUT2D eigenvalue weighted by Crippen LogP contribution is 2.39. The topological polar surface area (TPSA) is 257 Å². The highest BCUT2D eigenvalue weighted by atomic mass is 79.9. The molecule has 3 N–H and O–H groups in total. The molecule has 0 amide bonds. The number of benzene rings is 15. The van der Waals surface area contributed by atoms with Crippen molar-refractivity contribution in [1.82, 2.24) is 14.5 Å². The summed E-state index contributed by atoms with van der Waals surface area (Å²) in [6.07, 6.45) is 0.829. The molecule has 1 unspecified atom stereocenters. The van der Waals surface area contributed by atoms with Crippen LogP contribution in [0.2, 0.25) is 0 Å². The lowest BCUT2D eigenvalue weighted by Crippen LogP contribution is -3.00. The summed E-state index contributed by atoms with van der Waals surface area (Å²) in [5.41, 5.74) is 19.8. The fourth-order valence-corrected chi connectivity index (χ4v) is 15.0. The summed E-state index contributed by atoms with van der Waals surface area (Å²) < 4.78 is 74.9. The number of isocyanates is 1. The lowest BCUT2D eigenvalue weighted by atomic mass is 10.1. The lowest BCUT2D eigenvalue weighted by Gasteiger charge is -2.13. The van der Waals surface area contributed by atoms with Crippen LogP contribution in [0.4, 0.5) is 0 Å². The minimum Gasteiger partial charge on any atom is -1.00 e. The zero-order valence-corrected chi connectivity index (χ0v) is 80.9. The van der Waals surface area contributed by atoms with Gasteiger partial charge in [-0.3, -0.25) is 0 Å². The molecule has 140 heavy (non-hydrogen) atoms. The Labute approximate surface area is 847 Å². The van der Waals surface area contributed by atoms with Gasteiger partial charge in [0.05, 0.1) is 63.5 Å². The van der Waals surface area contributed by atoms with Crippen LogP contribution in [0, 0.1) is 22.7 Å². The molecule has 1 atom stereocenters. The Morgan fingerprint density at radius 1 is 0.364 bits per heavy atom. The van der Waals surface area contributed by atoms with Crippen LogP contribution in [-0.2, 0) is 74.2 Å². The number of aliphatic hydroxyl groups excluding tert-OH is 1. The van der Waals surface area contributed by atoms with Gasteiger partial charge >= 0.3 is 0 Å². The monoisotopic (exact) mass is 2020 g/mol. The third-order valence-electron chi connectivity index (χ3n) is 21.1. The van der Waals surface area contributed by atoms with Gasteiger partial charge < -0.3 is 79.2 Å². The first kappa shape index (κ1) is 106. The summed E-state index contributed by atoms with van der Waals surface area (Å²) in [5, 5.41) is 32.8. The molecule has 0 aliphatic heterocycles. The molecular formula is C115H101BrCl4N6O13S-2. The maximum atomic E-state index is 10.5. The van der Waals surface area contributed by atoms with Crippen LogP contribution >= 0.6 is 50.7 Å². The molecule has 0 saturated carbocycles. The molecule has 0 radical (unpaired) electrons. The van der Waals surface area contributed by atoms with E-state index in [2.05, 4.69) is 102 Å². The molecule has 0 aliphatic carbocycles. The van der Waals surface area contributed by atoms with Gasteiger partial charge in [-0.2, -0.15) is 10.5 Å². The fourth-order valence-electron chi connectivity index (χ4n) is 14.3. The molecule has 0 saturated heterocycles. The van der Waals surface area contributed by atoms with Crippen molar-refractivity contribution >= 4 is 101 Å². The Bertz CT molecular complexity index is 6880. The minimum absolute atomic E-state index is 0. The predicted molar refractivity (Wildman–Crippen MR) is 558 cm³/mol. The van der Waals surface area contributed by atoms with Crippen LogP contribution in [0.1, 0.15) is 68.6 Å². The highest BCUT2D eigenvalue weighted by molar-refractivity contribution is 9.08. The largest absolute Gasteiger partial charge is 1.00 e. The second kappa shape index (κ2) is 57.4. The molecule has 25 heteroatoms. The van der Waals surface area contributed by atoms with E-state index in [1.54, 1.807) is 0 Å². The Hall–Kier alpha value is -14.8. The smallest absolute Gasteiger partial charge is 0.248 e. The van der Waals surface area contributed by atoms with Crippen LogP contribution in [-0.4, -0.2) is 71.9 Å². The number of nitrogens with one attached hydrogen (secondary N) is 2. The second-order valence-electron chi connectivity index (χ2n) is 30.7. The molecule has 18 rings (SSSR count). The van der Waals surface area contributed by atoms with E-state index in [9.17, 15) is 19.3 Å². The lowest BCUT2D eigenvalue weighted by molar-refractivity contribution is -0.0000352. The summed E-state index contributed by atoms with van der Waals surface area (Å²) in [6, 6.07) is 133. The van der Waals surface area contributed by atoms with Crippen LogP contribution in [0.15, 0.2) is 393 Å². The second-order valence-corrected chi connectivity index (χ2v) is 33.0. The average Bonchev–Trinajstić information content (AvgIpc) is 1.60. The Morgan fingerprint density at radius 3 is 1.06 bits per heavy atom. The van der Waals surface area contributed by atoms with E-state index in [0.717, 1.165) is 168 Å². The van der Waals surface area contributed by atoms with Gasteiger partial charge in [-0.25, -0.2) is 9.00 Å². The van der Waals surface area contributed by atoms with Crippen LogP contribution in [0.3, 0.4) is 0 Å². The van der Waals surface area contributed by atoms with Crippen molar-refractivity contribution in [2.45, 2.75) is 65.5 Å². The first-order chi connectivity index (χ1) is 67.8. The van der Waals surface area contributed by atoms with Crippen molar-refractivity contribution in [3.05, 3.63) is 449 Å². The summed E-state index contributed by atoms with van der Waals surface area (Å²) >= 11 is 17.5. The number of carbonyl (C=O) groups excluding carboxylic acids is 1. The van der Waals surface area contributed by atoms with Crippen molar-refractivity contribution in [3.8, 4) is 97.7 Å². The van der Waals surface area contributed by atoms with Crippen LogP contribution in [0.25, 0.3) is 66.5 Å². The fraction of sp³-hybridized carbons (Fsp3) is 0.139. The maximum Gasteiger partial charge on any atom is 0.248 e. The molecule has 19 nitrogen and oxygen atoms in total. The van der Waals surface area contributed by atoms with E-state index in [1.165, 1.54) is 5.56 Å². The van der Waals surface area contributed by atoms with E-state index in [1.807, 2.05) is 334 Å². The number of ether oxygens (including phenoxy) is 9. The third kappa shape index (κ3) is 32.7. The van der Waals surface area contributed by atoms with E-state index in [-0.39, 0.29) is 26.4 Å². The summed E-state index contributed by atoms with van der Waals surface area (Å²) in [7, 11) is 0. The first-order valence-electron chi connectivity index (χ1n) is 44.1. The highest BCUT2D eigenvalue weighted by Gasteiger charge is 2.22. The zero-order valence-electron chi connectivity index (χ0n) is 75.5. The number of fused-ring (bicyclic) bond motifs is 3. The van der Waals surface area contributed by atoms with Crippen LogP contribution < -0.4 is 55.0 Å². The van der Waals surface area contributed by atoms with Gasteiger partial charge in [-0.1, -0.05) is 242 Å². The van der Waals surface area contributed by atoms with Crippen molar-refractivity contribution in [3.63, 3.8) is 0 Å². The zero-order chi connectivity index (χ0) is 96.1. The van der Waals surface area contributed by atoms with Gasteiger partial charge in [0.1, 0.15) is 123 Å². The number of aromatic nitrogens is 3. The molecule has 18 aromatic rings. The third-order valence-corrected chi connectivity index (χ3v) is 22.5. The average molecular weight is 2030 g/mol. The standard InChI is InChI=1S/C38H31ClN2O3.C29H22N2O2.C28H23NO2.C9H10BrClO.C9H11ClO2.CHNO3S.CH4.ClH/c39-21-22-42-32-15-11-28(12-16-32)25-41-37-20-19-34(44-27-30-9-5-2-6-10-30)23-35(37)36(24-40)38(41)31-13-17-33(18-14-31)43-26-29-7-3-1-4-8-29;30-18-27-26-17-25(33-20-22-9-5-2-6-10-22)15-16-28(26)31-29(27)23-11-13-24(14-12-23)32-19-21-7-3-1-4-8-21;1-3-7-21(8-4-1)19-30-25-13-11-23(12-14-25)28-18-24-17-26(15-16-27(24)29-28)31-20-22-9-5-2-6-10-22;10-7-8-1-3-9(4-2-8)12-6-5-11;10-5-6-12-9-3-1-8(7-11)2-4-9;3-1-2-6(4)5;;/h1-20,23H,21-22,25-27H2;1-17,31H,19-20H2;1-18,29H,19-20H2;1-4H,5-7H2;1-4,11H,5-7H2;(H,4,5);1H4;1H/p-2. The van der Waals surface area contributed by atoms with E-state index in [0.29, 0.717) is 101 Å². The quantitative estimate of drug-likeness (QED) is 0.0144. The van der Waals surface area contributed by atoms with Crippen molar-refractivity contribution < 1.29 is 73.7 Å². The number of aliphatic hydroxyl groups is 1. The molecule has 0 fully saturated rings. The molecular weight excluding hydrogens is 1930 g/mol. The van der Waals surface area contributed by atoms with Crippen molar-refractivity contribution in [2.75, 3.05) is 37.5 Å². The summed E-state index contributed by atoms with van der Waals surface area (Å²) in [5.74, 6) is 8.62. The number of aromatic amines is 2. The molecule has 15 aromatic carbocycles. The number of hydrogen-bond donors (Lipinski definition) is 3. The van der Waals surface area contributed by atoms with Gasteiger partial charge in [-0.15, -0.1) is 39.2 Å². The number of hydrogen-bond acceptors (Lipinski definition) is 15. The molecule has 3 aromatic heterocycles. The maximum absolute atomic E-state index is 10.5. The predicted octanol–water partition coefficient (Wildman–Crippen LogP) is 24.6. The van der Waals surface area contributed by atoms with E-state index < -0.39 is 11.3 Å². The number of nitrogens with zero attached hydrogens (tertiary/aromatic N) is 4. The van der Waals surface area contributed by atoms with E-state index >= 15 is 0 Å². The summed E-state index contributed by atoms with van der Waals surface area (Å²) in [4.78, 5) is 15.8. The normalized spacial score (nSPS) is 10.5. The number of rotatable bonds is 35. The van der Waals surface area contributed by atoms with E-state index in [4.69, 9.17) is 87.3 Å². The SMILES string of the molecule is C.ClCCOc1ccc(CBr)cc1.N#Cc1c(-c2ccc(OCc3ccccc3)cc2)[nH]c2ccc(OCc3ccccc3)cc12.N#Cc1c(-c2ccc(OCc3ccccc3)cc2)n(Cc2ccc(OCCCl)cc2)c2ccc(OCc3ccccc3)cc12.O=C=NS(=O)[O-].OCc1ccc(OCCCl)cc1.[Cl-].c1ccc(COc2ccc(-c3cc4cc(OCc5ccccc5)ccc4[nH]3)cc2)cc1. The number of H-pyrrole nitrogens is 2. The van der Waals surface area contributed by atoms with Gasteiger partial charge in [0.15, 0.2) is 0 Å². The molecule has 0 aliphatic rings. The molecule has 3 heterocycles. The Kier molecular flexibility index (Phi) is 43.3. The van der Waals surface area contributed by atoms with Gasteiger partial charge in [-0.05, 0) is 237 Å². The van der Waals surface area contributed by atoms with Crippen molar-refractivity contribution in [1.29, 1.82) is 10.5 Å². The van der Waals surface area contributed by atoms with Crippen molar-refractivity contribution in [2.24, 2.45) is 4.40 Å². The molecule has 0 bridgehead atoms. The number of alkyl halides is 4. The number of nitriles is 2. The Balaban J connectivity index is 0.000000175. The molecule has 0 spiro atoms. The van der Waals surface area contributed by atoms with Gasteiger partial charge in [0, 0.05) is 44.8 Å². The first-order valence-corrected chi connectivity index (χ1v) is 47.8. The number of halogens is 5. The van der Waals surface area contributed by atoms with Crippen LogP contribution in [0.5, 0.6) is 51.7 Å². The van der Waals surface area contributed by atoms with Gasteiger partial charge in [0.25, 0.3) is 0 Å². The summed E-state index contributed by atoms with van der Waals surface area (Å²) in [6.45, 7) is 5.23. The van der Waals surface area contributed by atoms with Gasteiger partial charge in [0.2, 0.25) is 6.08 Å². The molecule has 712 valence electrons. The Morgan fingerprint density at radius 2 is 0.693 bits per heavy atom.